The summed E-state index contributed by atoms with van der Waals surface area (Å²) in [7, 11) is 0. The Balaban J connectivity index is 1.77. The van der Waals surface area contributed by atoms with E-state index in [2.05, 4.69) is 53.2 Å². The molecule has 1 aliphatic heterocycles. The number of amides is 1. The molecule has 162 valence electrons. The van der Waals surface area contributed by atoms with E-state index in [1.807, 2.05) is 40.0 Å². The third-order valence-electron chi connectivity index (χ3n) is 5.62. The number of aromatic nitrogens is 1. The average molecular weight is 410 g/mol. The maximum absolute atomic E-state index is 12.8. The molecule has 2 heterocycles. The summed E-state index contributed by atoms with van der Waals surface area (Å²) in [6.07, 6.45) is 4.74. The maximum Gasteiger partial charge on any atom is 0.416 e. The number of carbonyl (C=O) groups is 1. The van der Waals surface area contributed by atoms with Crippen molar-refractivity contribution in [3.05, 3.63) is 59.8 Å². The highest BCUT2D eigenvalue weighted by molar-refractivity contribution is 5.87. The van der Waals surface area contributed by atoms with Gasteiger partial charge in [-0.3, -0.25) is 9.80 Å². The molecule has 0 radical (unpaired) electrons. The van der Waals surface area contributed by atoms with Gasteiger partial charge >= 0.3 is 6.09 Å². The summed E-state index contributed by atoms with van der Waals surface area (Å²) in [5, 5.41) is 0. The van der Waals surface area contributed by atoms with E-state index in [4.69, 9.17) is 4.74 Å². The van der Waals surface area contributed by atoms with Gasteiger partial charge in [-0.15, -0.1) is 0 Å². The molecule has 2 atom stereocenters. The zero-order chi connectivity index (χ0) is 21.7. The molecule has 1 aromatic carbocycles. The lowest BCUT2D eigenvalue weighted by molar-refractivity contribution is 0.0566. The van der Waals surface area contributed by atoms with Gasteiger partial charge < -0.3 is 4.74 Å². The Morgan fingerprint density at radius 3 is 2.57 bits per heavy atom. The van der Waals surface area contributed by atoms with Crippen LogP contribution in [0.5, 0.6) is 0 Å². The number of carbonyl (C=O) groups excluding carboxylic acids is 1. The molecule has 5 nitrogen and oxygen atoms in total. The molecule has 30 heavy (non-hydrogen) atoms. The van der Waals surface area contributed by atoms with Crippen molar-refractivity contribution in [3.8, 4) is 0 Å². The molecule has 1 fully saturated rings. The summed E-state index contributed by atoms with van der Waals surface area (Å²) in [6, 6.07) is 15.1. The molecular formula is C25H35N3O2. The van der Waals surface area contributed by atoms with Crippen LogP contribution in [-0.2, 0) is 11.3 Å². The molecule has 1 saturated heterocycles. The minimum atomic E-state index is -0.537. The summed E-state index contributed by atoms with van der Waals surface area (Å²) in [4.78, 5) is 21.7. The predicted molar refractivity (Wildman–Crippen MR) is 122 cm³/mol. The van der Waals surface area contributed by atoms with Crippen molar-refractivity contribution < 1.29 is 9.53 Å². The Morgan fingerprint density at radius 2 is 1.97 bits per heavy atom. The number of hydrogen-bond donors (Lipinski definition) is 0. The summed E-state index contributed by atoms with van der Waals surface area (Å²) in [5.41, 5.74) is 2.01. The third-order valence-corrected chi connectivity index (χ3v) is 5.62. The van der Waals surface area contributed by atoms with E-state index in [-0.39, 0.29) is 12.1 Å². The van der Waals surface area contributed by atoms with Crippen LogP contribution >= 0.6 is 0 Å². The Morgan fingerprint density at radius 1 is 1.23 bits per heavy atom. The van der Waals surface area contributed by atoms with Crippen LogP contribution in [-0.4, -0.2) is 34.2 Å². The summed E-state index contributed by atoms with van der Waals surface area (Å²) in [6.45, 7) is 11.8. The van der Waals surface area contributed by atoms with Gasteiger partial charge in [0.1, 0.15) is 11.4 Å². The Kier molecular flexibility index (Phi) is 7.14. The van der Waals surface area contributed by atoms with Crippen LogP contribution in [0.3, 0.4) is 0 Å². The van der Waals surface area contributed by atoms with Crippen molar-refractivity contribution in [3.63, 3.8) is 0 Å². The highest BCUT2D eigenvalue weighted by Crippen LogP contribution is 2.33. The number of hydrogen-bond acceptors (Lipinski definition) is 4. The van der Waals surface area contributed by atoms with E-state index in [9.17, 15) is 4.79 Å². The van der Waals surface area contributed by atoms with E-state index >= 15 is 0 Å². The Bertz CT molecular complexity index is 815. The molecule has 2 unspecified atom stereocenters. The van der Waals surface area contributed by atoms with Gasteiger partial charge in [-0.25, -0.2) is 9.78 Å². The lowest BCUT2D eigenvalue weighted by Gasteiger charge is -2.31. The van der Waals surface area contributed by atoms with Crippen molar-refractivity contribution >= 4 is 11.9 Å². The molecular weight excluding hydrogens is 374 g/mol. The number of rotatable bonds is 6. The Labute approximate surface area is 181 Å². The summed E-state index contributed by atoms with van der Waals surface area (Å²) >= 11 is 0. The molecule has 1 aliphatic rings. The van der Waals surface area contributed by atoms with Gasteiger partial charge in [0.05, 0.1) is 0 Å². The molecule has 1 amide bonds. The van der Waals surface area contributed by atoms with Crippen LogP contribution in [0, 0.1) is 0 Å². The molecule has 5 heteroatoms. The largest absolute Gasteiger partial charge is 0.443 e. The van der Waals surface area contributed by atoms with Crippen LogP contribution in [0.25, 0.3) is 0 Å². The van der Waals surface area contributed by atoms with Gasteiger partial charge in [-0.05, 0) is 70.7 Å². The monoisotopic (exact) mass is 409 g/mol. The van der Waals surface area contributed by atoms with E-state index in [1.165, 1.54) is 17.5 Å². The number of ether oxygens (including phenoxy) is 1. The first kappa shape index (κ1) is 22.3. The van der Waals surface area contributed by atoms with Crippen LogP contribution in [0.15, 0.2) is 48.7 Å². The number of pyridine rings is 1. The molecule has 0 spiro atoms. The SMILES string of the molecule is CCC(C)N(C(=O)OC(C)(C)C)c1ccc(C2CCCN2Cc2ccccc2)cn1. The quantitative estimate of drug-likeness (QED) is 0.591. The topological polar surface area (TPSA) is 45.7 Å². The average Bonchev–Trinajstić information content (AvgIpc) is 3.16. The second kappa shape index (κ2) is 9.61. The van der Waals surface area contributed by atoms with Gasteiger partial charge in [0.2, 0.25) is 0 Å². The second-order valence-electron chi connectivity index (χ2n) is 9.17. The standard InChI is InChI=1S/C25H35N3O2/c1-6-19(2)28(24(29)30-25(3,4)5)23-15-14-21(17-26-23)22-13-10-16-27(22)18-20-11-8-7-9-12-20/h7-9,11-12,14-15,17,19,22H,6,10,13,16,18H2,1-5H3. The normalized spacial score (nSPS) is 18.2. The van der Waals surface area contributed by atoms with Crippen LogP contribution in [0.4, 0.5) is 10.6 Å². The number of nitrogens with zero attached hydrogens (tertiary/aromatic N) is 3. The molecule has 3 rings (SSSR count). The van der Waals surface area contributed by atoms with Crippen LogP contribution in [0.1, 0.15) is 71.0 Å². The first-order valence-electron chi connectivity index (χ1n) is 11.0. The van der Waals surface area contributed by atoms with E-state index in [1.54, 1.807) is 4.90 Å². The van der Waals surface area contributed by atoms with Crippen molar-refractivity contribution in [2.24, 2.45) is 0 Å². The van der Waals surface area contributed by atoms with E-state index in [0.717, 1.165) is 25.9 Å². The number of anilines is 1. The highest BCUT2D eigenvalue weighted by Gasteiger charge is 2.29. The van der Waals surface area contributed by atoms with E-state index in [0.29, 0.717) is 11.9 Å². The van der Waals surface area contributed by atoms with Crippen molar-refractivity contribution in [2.75, 3.05) is 11.4 Å². The summed E-state index contributed by atoms with van der Waals surface area (Å²) < 4.78 is 5.63. The highest BCUT2D eigenvalue weighted by atomic mass is 16.6. The fourth-order valence-electron chi connectivity index (χ4n) is 3.94. The van der Waals surface area contributed by atoms with Crippen molar-refractivity contribution in [2.45, 2.75) is 78.1 Å². The number of likely N-dealkylation sites (tertiary alicyclic amines) is 1. The van der Waals surface area contributed by atoms with E-state index < -0.39 is 5.60 Å². The molecule has 2 aromatic rings. The molecule has 0 aliphatic carbocycles. The van der Waals surface area contributed by atoms with Crippen LogP contribution in [0.2, 0.25) is 0 Å². The van der Waals surface area contributed by atoms with Crippen LogP contribution < -0.4 is 4.90 Å². The minimum Gasteiger partial charge on any atom is -0.443 e. The second-order valence-corrected chi connectivity index (χ2v) is 9.17. The van der Waals surface area contributed by atoms with Gasteiger partial charge in [0.15, 0.2) is 0 Å². The smallest absolute Gasteiger partial charge is 0.416 e. The predicted octanol–water partition coefficient (Wildman–Crippen LogP) is 5.96. The zero-order valence-electron chi connectivity index (χ0n) is 19.0. The zero-order valence-corrected chi connectivity index (χ0v) is 19.0. The number of benzene rings is 1. The third kappa shape index (κ3) is 5.60. The first-order chi connectivity index (χ1) is 14.3. The van der Waals surface area contributed by atoms with Gasteiger partial charge in [0.25, 0.3) is 0 Å². The van der Waals surface area contributed by atoms with Gasteiger partial charge in [-0.1, -0.05) is 43.3 Å². The lowest BCUT2D eigenvalue weighted by atomic mass is 10.1. The van der Waals surface area contributed by atoms with Crippen molar-refractivity contribution in [1.29, 1.82) is 0 Å². The summed E-state index contributed by atoms with van der Waals surface area (Å²) in [5.74, 6) is 0.648. The fourth-order valence-corrected chi connectivity index (χ4v) is 3.94. The minimum absolute atomic E-state index is 0.0132. The molecule has 0 bridgehead atoms. The molecule has 1 aromatic heterocycles. The maximum atomic E-state index is 12.8. The molecule has 0 saturated carbocycles. The van der Waals surface area contributed by atoms with Gasteiger partial charge in [0, 0.05) is 24.8 Å². The molecule has 0 N–H and O–H groups in total. The first-order valence-corrected chi connectivity index (χ1v) is 11.0. The Hall–Kier alpha value is -2.40. The fraction of sp³-hybridized carbons (Fsp3) is 0.520. The van der Waals surface area contributed by atoms with Crippen molar-refractivity contribution in [1.82, 2.24) is 9.88 Å². The lowest BCUT2D eigenvalue weighted by Crippen LogP contribution is -2.42. The van der Waals surface area contributed by atoms with Gasteiger partial charge in [-0.2, -0.15) is 0 Å².